The molecule has 192 valence electrons. The Morgan fingerprint density at radius 3 is 2.46 bits per heavy atom. The van der Waals surface area contributed by atoms with E-state index in [0.29, 0.717) is 19.3 Å². The standard InChI is InChI=1S/C20H19ClF6N4O3S/c1-34-20-15(17(21)28-8-29-20)19(33)31-16-10-3-2-9(6-10)14(16)18(32)30-11-4-5-12(22)13(7-11)35(23,24,25,26)27/h4-5,7-10,14,16H,2-3,6H2,1H3,(H,30,32)(H,31,33). The molecular weight excluding hydrogens is 526 g/mol. The Hall–Kier alpha value is -2.74. The number of carbonyl (C=O) groups excluding carboxylic acids is 2. The molecule has 2 aliphatic carbocycles. The minimum Gasteiger partial charge on any atom is -0.480 e. The van der Waals surface area contributed by atoms with E-state index >= 15 is 0 Å². The minimum atomic E-state index is -10.3. The fraction of sp³-hybridized carbons (Fsp3) is 0.400. The summed E-state index contributed by atoms with van der Waals surface area (Å²) in [4.78, 5) is 30.8. The summed E-state index contributed by atoms with van der Waals surface area (Å²) in [5.41, 5.74) is -0.800. The highest BCUT2D eigenvalue weighted by atomic mass is 35.5. The van der Waals surface area contributed by atoms with Gasteiger partial charge in [0.25, 0.3) is 5.91 Å². The van der Waals surface area contributed by atoms with E-state index in [9.17, 15) is 33.4 Å². The molecule has 15 heteroatoms. The lowest BCUT2D eigenvalue weighted by molar-refractivity contribution is -0.122. The number of halogens is 7. The predicted molar refractivity (Wildman–Crippen MR) is 116 cm³/mol. The van der Waals surface area contributed by atoms with E-state index in [-0.39, 0.29) is 40.6 Å². The highest BCUT2D eigenvalue weighted by molar-refractivity contribution is 8.45. The fourth-order valence-electron chi connectivity index (χ4n) is 4.90. The summed E-state index contributed by atoms with van der Waals surface area (Å²) < 4.78 is 84.5. The largest absolute Gasteiger partial charge is 0.480 e. The first-order valence-corrected chi connectivity index (χ1v) is 12.6. The quantitative estimate of drug-likeness (QED) is 0.358. The van der Waals surface area contributed by atoms with Crippen molar-refractivity contribution in [2.45, 2.75) is 30.2 Å². The van der Waals surface area contributed by atoms with Crippen molar-refractivity contribution in [3.8, 4) is 5.88 Å². The molecule has 7 nitrogen and oxygen atoms in total. The summed E-state index contributed by atoms with van der Waals surface area (Å²) in [5.74, 6) is -4.93. The average molecular weight is 545 g/mol. The normalized spacial score (nSPS) is 25.5. The summed E-state index contributed by atoms with van der Waals surface area (Å²) in [6, 6.07) is 0.124. The molecule has 2 bridgehead atoms. The summed E-state index contributed by atoms with van der Waals surface area (Å²) in [5, 5.41) is 4.70. The smallest absolute Gasteiger partial charge is 0.313 e. The number of anilines is 1. The lowest BCUT2D eigenvalue weighted by atomic mass is 9.83. The van der Waals surface area contributed by atoms with E-state index in [1.54, 1.807) is 0 Å². The lowest BCUT2D eigenvalue weighted by Crippen LogP contribution is -2.48. The first kappa shape index (κ1) is 25.4. The second kappa shape index (κ2) is 7.88. The Kier molecular flexibility index (Phi) is 5.71. The zero-order chi connectivity index (χ0) is 25.8. The molecule has 2 amide bonds. The Bertz CT molecular complexity index is 1220. The monoisotopic (exact) mass is 544 g/mol. The van der Waals surface area contributed by atoms with Crippen molar-refractivity contribution in [1.82, 2.24) is 15.3 Å². The number of benzene rings is 1. The van der Waals surface area contributed by atoms with Crippen LogP contribution in [0.3, 0.4) is 0 Å². The molecule has 35 heavy (non-hydrogen) atoms. The Morgan fingerprint density at radius 1 is 1.11 bits per heavy atom. The number of amides is 2. The van der Waals surface area contributed by atoms with Crippen LogP contribution in [0.1, 0.15) is 29.6 Å². The Labute approximate surface area is 200 Å². The SMILES string of the molecule is COc1ncnc(Cl)c1C(=O)NC1C2CCC(C2)C1C(=O)Nc1ccc(F)c(S(F)(F)(F)(F)F)c1. The van der Waals surface area contributed by atoms with Crippen molar-refractivity contribution in [2.24, 2.45) is 17.8 Å². The van der Waals surface area contributed by atoms with Gasteiger partial charge in [0.15, 0.2) is 0 Å². The van der Waals surface area contributed by atoms with Crippen molar-refractivity contribution in [2.75, 3.05) is 12.4 Å². The van der Waals surface area contributed by atoms with Gasteiger partial charge in [0.05, 0.1) is 13.0 Å². The number of methoxy groups -OCH3 is 1. The van der Waals surface area contributed by atoms with Gasteiger partial charge in [-0.15, -0.1) is 0 Å². The molecule has 2 aliphatic rings. The maximum absolute atomic E-state index is 13.6. The van der Waals surface area contributed by atoms with Gasteiger partial charge in [0.1, 0.15) is 27.8 Å². The van der Waals surface area contributed by atoms with Gasteiger partial charge >= 0.3 is 10.2 Å². The van der Waals surface area contributed by atoms with Crippen LogP contribution >= 0.6 is 21.8 Å². The first-order chi connectivity index (χ1) is 16.1. The van der Waals surface area contributed by atoms with Gasteiger partial charge in [-0.2, -0.15) is 0 Å². The van der Waals surface area contributed by atoms with Crippen LogP contribution in [-0.2, 0) is 4.79 Å². The summed E-state index contributed by atoms with van der Waals surface area (Å²) in [6.45, 7) is 0. The van der Waals surface area contributed by atoms with Crippen molar-refractivity contribution in [1.29, 1.82) is 0 Å². The Morgan fingerprint density at radius 2 is 1.80 bits per heavy atom. The molecule has 1 heterocycles. The molecule has 4 rings (SSSR count). The van der Waals surface area contributed by atoms with Gasteiger partial charge in [0, 0.05) is 11.7 Å². The number of nitrogens with zero attached hydrogens (tertiary/aromatic N) is 2. The van der Waals surface area contributed by atoms with E-state index in [1.165, 1.54) is 7.11 Å². The molecule has 2 N–H and O–H groups in total. The van der Waals surface area contributed by atoms with Crippen LogP contribution < -0.4 is 15.4 Å². The number of fused-ring (bicyclic) bond motifs is 2. The number of hydrogen-bond acceptors (Lipinski definition) is 5. The highest BCUT2D eigenvalue weighted by Gasteiger charge is 2.67. The Balaban J connectivity index is 1.58. The second-order valence-electron chi connectivity index (χ2n) is 8.51. The zero-order valence-corrected chi connectivity index (χ0v) is 19.5. The number of ether oxygens (including phenoxy) is 1. The number of carbonyl (C=O) groups is 2. The molecular formula is C20H19ClF6N4O3S. The number of hydrogen-bond donors (Lipinski definition) is 2. The van der Waals surface area contributed by atoms with Crippen LogP contribution in [0.25, 0.3) is 0 Å². The second-order valence-corrected chi connectivity index (χ2v) is 11.2. The van der Waals surface area contributed by atoms with E-state index < -0.39 is 50.4 Å². The highest BCUT2D eigenvalue weighted by Crippen LogP contribution is 3.02. The van der Waals surface area contributed by atoms with Crippen LogP contribution in [0, 0.1) is 23.6 Å². The van der Waals surface area contributed by atoms with Gasteiger partial charge in [-0.3, -0.25) is 9.59 Å². The third-order valence-electron chi connectivity index (χ3n) is 6.32. The van der Waals surface area contributed by atoms with E-state index in [4.69, 9.17) is 16.3 Å². The van der Waals surface area contributed by atoms with Gasteiger partial charge in [-0.1, -0.05) is 31.0 Å². The molecule has 2 fully saturated rings. The third kappa shape index (κ3) is 4.99. The molecule has 0 aliphatic heterocycles. The minimum absolute atomic E-state index is 0.0958. The van der Waals surface area contributed by atoms with Crippen LogP contribution in [0.5, 0.6) is 5.88 Å². The van der Waals surface area contributed by atoms with Crippen LogP contribution in [0.2, 0.25) is 5.15 Å². The molecule has 1 aromatic heterocycles. The molecule has 2 saturated carbocycles. The van der Waals surface area contributed by atoms with E-state index in [2.05, 4.69) is 20.6 Å². The van der Waals surface area contributed by atoms with Gasteiger partial charge in [-0.05, 0) is 49.3 Å². The van der Waals surface area contributed by atoms with Crippen LogP contribution in [0.15, 0.2) is 29.4 Å². The van der Waals surface area contributed by atoms with Crippen LogP contribution in [0.4, 0.5) is 29.5 Å². The maximum Gasteiger partial charge on any atom is 0.313 e. The van der Waals surface area contributed by atoms with Crippen molar-refractivity contribution >= 4 is 39.3 Å². The van der Waals surface area contributed by atoms with Crippen molar-refractivity contribution in [3.63, 3.8) is 0 Å². The average Bonchev–Trinajstić information content (AvgIpc) is 3.34. The van der Waals surface area contributed by atoms with Gasteiger partial charge in [0.2, 0.25) is 11.8 Å². The molecule has 0 saturated heterocycles. The van der Waals surface area contributed by atoms with Gasteiger partial charge in [-0.25, -0.2) is 14.4 Å². The first-order valence-electron chi connectivity index (χ1n) is 10.3. The van der Waals surface area contributed by atoms with Crippen LogP contribution in [-0.4, -0.2) is 34.9 Å². The zero-order valence-electron chi connectivity index (χ0n) is 17.9. The van der Waals surface area contributed by atoms with E-state index in [0.717, 1.165) is 12.4 Å². The number of rotatable bonds is 6. The molecule has 4 unspecified atom stereocenters. The lowest BCUT2D eigenvalue weighted by Gasteiger charge is -2.40. The summed E-state index contributed by atoms with van der Waals surface area (Å²) in [7, 11) is -9.06. The summed E-state index contributed by atoms with van der Waals surface area (Å²) in [6.07, 6.45) is 2.99. The van der Waals surface area contributed by atoms with E-state index in [1.807, 2.05) is 0 Å². The topological polar surface area (TPSA) is 93.2 Å². The molecule has 0 radical (unpaired) electrons. The molecule has 2 aromatic rings. The number of aromatic nitrogens is 2. The van der Waals surface area contributed by atoms with Crippen molar-refractivity contribution in [3.05, 3.63) is 41.1 Å². The predicted octanol–water partition coefficient (Wildman–Crippen LogP) is 5.72. The molecule has 1 aromatic carbocycles. The summed E-state index contributed by atoms with van der Waals surface area (Å²) >= 11 is 6.01. The van der Waals surface area contributed by atoms with Gasteiger partial charge < -0.3 is 15.4 Å². The number of nitrogens with one attached hydrogen (secondary N) is 2. The van der Waals surface area contributed by atoms with Crippen molar-refractivity contribution < 1.29 is 38.1 Å². The molecule has 0 spiro atoms. The molecule has 4 atom stereocenters. The third-order valence-corrected chi connectivity index (χ3v) is 7.75. The maximum atomic E-state index is 13.6. The fourth-order valence-corrected chi connectivity index (χ4v) is 5.89.